The lowest BCUT2D eigenvalue weighted by atomic mass is 9.76. The van der Waals surface area contributed by atoms with Crippen LogP contribution in [0.15, 0.2) is 364 Å². The first-order valence-corrected chi connectivity index (χ1v) is 46.9. The van der Waals surface area contributed by atoms with Gasteiger partial charge in [0.15, 0.2) is 22.8 Å². The largest absolute Gasteiger partial charge is 0.871 e. The van der Waals surface area contributed by atoms with Crippen LogP contribution >= 0.6 is 0 Å². The summed E-state index contributed by atoms with van der Waals surface area (Å²) >= 11 is 0. The number of para-hydroxylation sites is 2. The van der Waals surface area contributed by atoms with Crippen LogP contribution in [-0.2, 0) is 47.4 Å². The highest BCUT2D eigenvalue weighted by molar-refractivity contribution is 6.52. The van der Waals surface area contributed by atoms with Gasteiger partial charge in [0, 0.05) is 137 Å². The van der Waals surface area contributed by atoms with Crippen LogP contribution in [-0.4, -0.2) is 64.2 Å². The number of fused-ring (bicyclic) bond motifs is 18. The topological polar surface area (TPSA) is 185 Å². The quantitative estimate of drug-likeness (QED) is 0.0684. The van der Waals surface area contributed by atoms with E-state index in [-0.39, 0.29) is 67.6 Å². The Morgan fingerprint density at radius 2 is 0.955 bits per heavy atom. The van der Waals surface area contributed by atoms with Gasteiger partial charge in [0.05, 0.1) is 50.2 Å². The first-order valence-electron chi connectivity index (χ1n) is 46.9. The minimum Gasteiger partial charge on any atom is -0.871 e. The molecular formula is C120H104N8O6. The van der Waals surface area contributed by atoms with E-state index < -0.39 is 16.7 Å². The predicted molar refractivity (Wildman–Crippen MR) is 544 cm³/mol. The number of nitrogens with zero attached hydrogens (tertiary/aromatic N) is 5. The lowest BCUT2D eigenvalue weighted by Crippen LogP contribution is -2.45. The zero-order valence-corrected chi connectivity index (χ0v) is 77.7. The van der Waals surface area contributed by atoms with E-state index in [1.165, 1.54) is 56.8 Å². The van der Waals surface area contributed by atoms with Gasteiger partial charge in [-0.25, -0.2) is 4.99 Å². The van der Waals surface area contributed by atoms with Crippen molar-refractivity contribution in [1.82, 2.24) is 0 Å². The summed E-state index contributed by atoms with van der Waals surface area (Å²) < 4.78 is 2.09. The van der Waals surface area contributed by atoms with E-state index >= 15 is 0 Å². The summed E-state index contributed by atoms with van der Waals surface area (Å²) in [5.41, 5.74) is 24.1. The molecule has 5 aliphatic carbocycles. The normalized spacial score (nSPS) is 19.6. The summed E-state index contributed by atoms with van der Waals surface area (Å²) in [6, 6.07) is 95.9. The molecule has 0 saturated heterocycles. The van der Waals surface area contributed by atoms with Crippen LogP contribution in [0, 0.1) is 0 Å². The maximum absolute atomic E-state index is 14.9. The van der Waals surface area contributed by atoms with Crippen LogP contribution < -0.4 is 41.4 Å². The van der Waals surface area contributed by atoms with Gasteiger partial charge in [-0.15, -0.1) is 0 Å². The Hall–Kier alpha value is -15.3. The van der Waals surface area contributed by atoms with Crippen molar-refractivity contribution in [3.63, 3.8) is 0 Å². The monoisotopic (exact) mass is 1750 g/mol. The lowest BCUT2D eigenvalue weighted by Gasteiger charge is -2.41. The highest BCUT2D eigenvalue weighted by atomic mass is 16.3. The minimum absolute atomic E-state index is 0.0206. The molecule has 25 rings (SSSR count). The highest BCUT2D eigenvalue weighted by Gasteiger charge is 2.52. The summed E-state index contributed by atoms with van der Waals surface area (Å²) in [6.07, 6.45) is 12.1. The molecular weight excluding hydrogens is 1650 g/mol. The number of allylic oxidation sites excluding steroid dienone is 12. The maximum atomic E-state index is 14.9. The van der Waals surface area contributed by atoms with E-state index in [4.69, 9.17) is 9.98 Å². The Morgan fingerprint density at radius 3 is 1.57 bits per heavy atom. The molecule has 660 valence electrons. The van der Waals surface area contributed by atoms with E-state index in [9.17, 15) is 29.7 Å². The van der Waals surface area contributed by atoms with Crippen molar-refractivity contribution >= 4 is 123 Å². The molecule has 0 atom stereocenters. The smallest absolute Gasteiger partial charge is 0.209 e. The Kier molecular flexibility index (Phi) is 19.5. The molecule has 14 aromatic rings. The number of hydrogen-bond acceptors (Lipinski definition) is 13. The van der Waals surface area contributed by atoms with Gasteiger partial charge in [-0.2, -0.15) is 4.58 Å². The summed E-state index contributed by atoms with van der Waals surface area (Å²) in [4.78, 5) is 56.6. The van der Waals surface area contributed by atoms with Crippen LogP contribution in [0.25, 0.3) is 76.5 Å². The molecule has 11 aliphatic rings. The molecule has 0 fully saturated rings. The fraction of sp³-hybridized carbons (Fsp3) is 0.200. The number of ketones is 3. The van der Waals surface area contributed by atoms with Gasteiger partial charge >= 0.3 is 0 Å². The summed E-state index contributed by atoms with van der Waals surface area (Å²) in [5, 5.41) is 58.4. The number of benzene rings is 14. The van der Waals surface area contributed by atoms with E-state index in [1.54, 1.807) is 18.2 Å². The molecule has 2 spiro atoms. The van der Waals surface area contributed by atoms with Crippen LogP contribution in [0.1, 0.15) is 152 Å². The Bertz CT molecular complexity index is 7980. The van der Waals surface area contributed by atoms with Crippen molar-refractivity contribution in [3.05, 3.63) is 415 Å². The third-order valence-corrected chi connectivity index (χ3v) is 30.0. The molecule has 0 saturated carbocycles. The lowest BCUT2D eigenvalue weighted by molar-refractivity contribution is -0.401. The van der Waals surface area contributed by atoms with Crippen LogP contribution in [0.5, 0.6) is 0 Å². The number of anilines is 5. The average molecular weight is 1750 g/mol. The number of aliphatic hydroxyl groups excluding tert-OH is 2. The highest BCUT2D eigenvalue weighted by Crippen LogP contribution is 2.59. The van der Waals surface area contributed by atoms with Crippen LogP contribution in [0.3, 0.4) is 0 Å². The number of carbonyl (C=O) groups excluding carboxylic acids is 3. The van der Waals surface area contributed by atoms with Crippen molar-refractivity contribution < 1.29 is 34.3 Å². The molecule has 5 N–H and O–H groups in total. The SMILES string of the molecule is CCCC.CCCCN1/C(=C/C2=C(O)C(=CC3=Nc4ccc5ccccc5c4C3(C)C)C2=O)C(C)(C)c2c1ccc1ccccc21.CN1/C(=C/C2=C([O-])C(=C/C3=[N+](C)c4ccccc4C3(C)C)/C2=O)C(C)(C)c2ccccc21.O=C1C(c2ccc3cccc4c3c2NC2(N4)c3ccccc3-c3ccccc32)=C(O)C1=c1ccc2cccc3c2c1=NC1(N3)c2ccccc2-c2ccccc21. The van der Waals surface area contributed by atoms with E-state index in [2.05, 4.69) is 313 Å². The first-order chi connectivity index (χ1) is 64.7. The van der Waals surface area contributed by atoms with Gasteiger partial charge in [-0.1, -0.05) is 330 Å². The average Bonchev–Trinajstić information content (AvgIpc) is 1.43. The molecule has 0 bridgehead atoms. The van der Waals surface area contributed by atoms with Gasteiger partial charge in [0.25, 0.3) is 0 Å². The Labute approximate surface area is 780 Å². The second-order valence-corrected chi connectivity index (χ2v) is 39.1. The summed E-state index contributed by atoms with van der Waals surface area (Å²) in [7, 11) is 3.99. The van der Waals surface area contributed by atoms with E-state index in [1.807, 2.05) is 93.0 Å². The van der Waals surface area contributed by atoms with E-state index in [0.717, 1.165) is 148 Å². The minimum atomic E-state index is -0.905. The molecule has 0 unspecified atom stereocenters. The standard InChI is InChI=1S/C50H30N4O2.C38H36N2O2.C28H28N2O2.C4H10/c55-47-43(33-25-23-27-11-9-21-39-41(27)45(33)53-49(51-39)35-17-5-1-13-29(35)30-14-2-6-18-36(30)49)48(56)44(47)34-26-24-28-12-10-22-40-42(28)46(34)54-50(52-40)37-19-7-3-15-31(37)32-16-4-8-20-38(32)50;1-6-7-20-40-30-19-17-24-13-9-11-15-26(24)34(30)38(4,5)32(40)22-28-35(41)27(36(28)42)21-31-37(2,3)33-25-14-10-8-12-23(25)16-18-29(33)39-31;1-27(2)19-11-7-9-13-21(19)29(5)23(27)15-17-25(31)18(26(17)32)16-24-28(3,4)20-12-8-10-14-22(20)30(24)6;1-3-4-2/h1-26,51-53,55H;8-19,21-22,41H,6-7,20H2,1-5H3;7-16H,1-6H3;3-4H2,1-2H3/b;27-21?,32-22+;;. The van der Waals surface area contributed by atoms with Crippen LogP contribution in [0.4, 0.5) is 39.8 Å². The number of rotatable bonds is 9. The number of hydrogen-bond donors (Lipinski definition) is 5. The van der Waals surface area contributed by atoms with Crippen molar-refractivity contribution in [2.75, 3.05) is 46.4 Å². The fourth-order valence-electron chi connectivity index (χ4n) is 22.9. The third-order valence-electron chi connectivity index (χ3n) is 30.0. The van der Waals surface area contributed by atoms with Crippen molar-refractivity contribution in [2.45, 2.75) is 135 Å². The van der Waals surface area contributed by atoms with Crippen LogP contribution in [0.2, 0.25) is 0 Å². The number of aliphatic imine (C=N–C) groups is 1. The molecule has 134 heavy (non-hydrogen) atoms. The number of aliphatic hydroxyl groups is 2. The number of unbranched alkanes of at least 4 members (excludes halogenated alkanes) is 2. The van der Waals surface area contributed by atoms with Crippen molar-refractivity contribution in [3.8, 4) is 22.3 Å². The first kappa shape index (κ1) is 84.3. The van der Waals surface area contributed by atoms with Crippen molar-refractivity contribution in [1.29, 1.82) is 0 Å². The summed E-state index contributed by atoms with van der Waals surface area (Å²) in [6.45, 7) is 24.7. The van der Waals surface area contributed by atoms with Gasteiger partial charge in [-0.05, 0) is 140 Å². The van der Waals surface area contributed by atoms with Gasteiger partial charge in [0.2, 0.25) is 17.3 Å². The zero-order chi connectivity index (χ0) is 92.7. The van der Waals surface area contributed by atoms with Gasteiger partial charge < -0.3 is 41.1 Å². The van der Waals surface area contributed by atoms with Gasteiger partial charge in [0.1, 0.15) is 18.6 Å². The number of nitrogens with one attached hydrogen (secondary N) is 3. The number of likely N-dealkylation sites (N-methyl/N-ethyl adjacent to an activating group) is 1. The molecule has 14 heteroatoms. The van der Waals surface area contributed by atoms with Crippen molar-refractivity contribution in [2.24, 2.45) is 9.98 Å². The Morgan fingerprint density at radius 1 is 0.425 bits per heavy atom. The molecule has 0 amide bonds. The predicted octanol–water partition coefficient (Wildman–Crippen LogP) is 24.4. The summed E-state index contributed by atoms with van der Waals surface area (Å²) in [5.74, 6) is -0.649. The zero-order valence-electron chi connectivity index (χ0n) is 77.7. The van der Waals surface area contributed by atoms with Gasteiger partial charge in [-0.3, -0.25) is 19.4 Å². The maximum Gasteiger partial charge on any atom is 0.209 e. The second-order valence-electron chi connectivity index (χ2n) is 39.1. The van der Waals surface area contributed by atoms with E-state index in [0.29, 0.717) is 32.9 Å². The number of carbonyl (C=O) groups is 3. The molecule has 0 radical (unpaired) electrons. The second kappa shape index (κ2) is 30.9. The number of Topliss-reactive ketones (excluding diaryl/α,β-unsaturated/α-hetero) is 3. The molecule has 6 aliphatic heterocycles. The molecule has 6 heterocycles. The molecule has 0 aromatic heterocycles. The third kappa shape index (κ3) is 12.2. The molecule has 14 aromatic carbocycles. The molecule has 14 nitrogen and oxygen atoms in total. The fourth-order valence-corrected chi connectivity index (χ4v) is 22.9. The Balaban J connectivity index is 0.000000119.